The van der Waals surface area contributed by atoms with Crippen molar-refractivity contribution in [2.24, 2.45) is 22.8 Å². The molecule has 0 fully saturated rings. The van der Waals surface area contributed by atoms with Crippen molar-refractivity contribution in [2.45, 2.75) is 33.6 Å². The largest absolute Gasteiger partial charge is 0.450 e. The van der Waals surface area contributed by atoms with E-state index in [4.69, 9.17) is 16.2 Å². The summed E-state index contributed by atoms with van der Waals surface area (Å²) in [6.07, 6.45) is 0.0436. The van der Waals surface area contributed by atoms with Crippen molar-refractivity contribution in [3.63, 3.8) is 0 Å². The molecular formula is C11H22N2O4. The summed E-state index contributed by atoms with van der Waals surface area (Å²) in [6.45, 7) is 6.60. The van der Waals surface area contributed by atoms with Gasteiger partial charge in [0, 0.05) is 0 Å². The maximum atomic E-state index is 10.5. The lowest BCUT2D eigenvalue weighted by Gasteiger charge is -2.27. The summed E-state index contributed by atoms with van der Waals surface area (Å²) in [6, 6.07) is 0. The number of ether oxygens (including phenoxy) is 2. The minimum atomic E-state index is -0.761. The van der Waals surface area contributed by atoms with Crippen molar-refractivity contribution in [3.8, 4) is 0 Å². The molecule has 1 unspecified atom stereocenters. The maximum Gasteiger partial charge on any atom is 0.404 e. The van der Waals surface area contributed by atoms with Crippen LogP contribution in [0.25, 0.3) is 0 Å². The molecule has 0 aromatic heterocycles. The van der Waals surface area contributed by atoms with Crippen LogP contribution < -0.4 is 11.5 Å². The van der Waals surface area contributed by atoms with E-state index in [0.29, 0.717) is 12.5 Å². The van der Waals surface area contributed by atoms with Gasteiger partial charge in [0.05, 0.1) is 13.2 Å². The van der Waals surface area contributed by atoms with Crippen LogP contribution in [-0.2, 0) is 9.47 Å². The Labute approximate surface area is 102 Å². The molecule has 4 N–H and O–H groups in total. The second kappa shape index (κ2) is 6.98. The summed E-state index contributed by atoms with van der Waals surface area (Å²) in [4.78, 5) is 20.9. The minimum Gasteiger partial charge on any atom is -0.450 e. The summed E-state index contributed by atoms with van der Waals surface area (Å²) < 4.78 is 9.44. The SMILES string of the molecule is CC(CCOC(N)=O)CC(C)(C)COC(N)=O. The quantitative estimate of drug-likeness (QED) is 0.712. The number of carbonyl (C=O) groups excluding carboxylic acids is 2. The average molecular weight is 246 g/mol. The molecule has 0 aliphatic carbocycles. The zero-order valence-corrected chi connectivity index (χ0v) is 10.7. The number of rotatable bonds is 7. The third-order valence-corrected chi connectivity index (χ3v) is 2.36. The van der Waals surface area contributed by atoms with Gasteiger partial charge in [0.15, 0.2) is 0 Å². The molecule has 0 heterocycles. The Bertz CT molecular complexity index is 266. The summed E-state index contributed by atoms with van der Waals surface area (Å²) in [7, 11) is 0. The lowest BCUT2D eigenvalue weighted by atomic mass is 9.83. The average Bonchev–Trinajstić information content (AvgIpc) is 2.13. The van der Waals surface area contributed by atoms with E-state index in [1.807, 2.05) is 20.8 Å². The number of hydrogen-bond donors (Lipinski definition) is 2. The fourth-order valence-electron chi connectivity index (χ4n) is 1.73. The van der Waals surface area contributed by atoms with Gasteiger partial charge in [-0.05, 0) is 24.2 Å². The zero-order chi connectivity index (χ0) is 13.5. The molecule has 0 aromatic carbocycles. The van der Waals surface area contributed by atoms with Gasteiger partial charge >= 0.3 is 12.2 Å². The van der Waals surface area contributed by atoms with Gasteiger partial charge in [-0.1, -0.05) is 20.8 Å². The Kier molecular flexibility index (Phi) is 6.38. The number of hydrogen-bond acceptors (Lipinski definition) is 4. The second-order valence-electron chi connectivity index (χ2n) is 5.04. The third kappa shape index (κ3) is 9.47. The van der Waals surface area contributed by atoms with Crippen LogP contribution in [0.3, 0.4) is 0 Å². The van der Waals surface area contributed by atoms with Crippen molar-refractivity contribution in [2.75, 3.05) is 13.2 Å². The predicted molar refractivity (Wildman–Crippen MR) is 63.2 cm³/mol. The third-order valence-electron chi connectivity index (χ3n) is 2.36. The van der Waals surface area contributed by atoms with Crippen LogP contribution in [0.2, 0.25) is 0 Å². The first-order valence-corrected chi connectivity index (χ1v) is 5.57. The topological polar surface area (TPSA) is 105 Å². The Morgan fingerprint density at radius 3 is 2.18 bits per heavy atom. The molecule has 17 heavy (non-hydrogen) atoms. The van der Waals surface area contributed by atoms with Crippen LogP contribution >= 0.6 is 0 Å². The lowest BCUT2D eigenvalue weighted by Crippen LogP contribution is -2.27. The lowest BCUT2D eigenvalue weighted by molar-refractivity contribution is 0.0879. The maximum absolute atomic E-state index is 10.5. The molecule has 2 amide bonds. The zero-order valence-electron chi connectivity index (χ0n) is 10.7. The number of amides is 2. The molecule has 0 saturated carbocycles. The fourth-order valence-corrected chi connectivity index (χ4v) is 1.73. The van der Waals surface area contributed by atoms with Crippen LogP contribution in [0.15, 0.2) is 0 Å². The summed E-state index contributed by atoms with van der Waals surface area (Å²) in [5.74, 6) is 0.334. The van der Waals surface area contributed by atoms with E-state index in [-0.39, 0.29) is 12.0 Å². The van der Waals surface area contributed by atoms with Gasteiger partial charge in [-0.15, -0.1) is 0 Å². The van der Waals surface area contributed by atoms with E-state index in [1.165, 1.54) is 0 Å². The van der Waals surface area contributed by atoms with Gasteiger partial charge in [0.2, 0.25) is 0 Å². The van der Waals surface area contributed by atoms with Gasteiger partial charge in [0.25, 0.3) is 0 Å². The molecule has 6 heteroatoms. The molecule has 0 aromatic rings. The first-order chi connectivity index (χ1) is 7.73. The van der Waals surface area contributed by atoms with Gasteiger partial charge < -0.3 is 20.9 Å². The van der Waals surface area contributed by atoms with Crippen molar-refractivity contribution in [1.82, 2.24) is 0 Å². The van der Waals surface area contributed by atoms with E-state index in [9.17, 15) is 9.59 Å². The summed E-state index contributed by atoms with van der Waals surface area (Å²) in [5, 5.41) is 0. The normalized spacial score (nSPS) is 12.9. The molecule has 1 atom stereocenters. The predicted octanol–water partition coefficient (Wildman–Crippen LogP) is 1.62. The number of primary amides is 2. The van der Waals surface area contributed by atoms with Crippen molar-refractivity contribution >= 4 is 12.2 Å². The van der Waals surface area contributed by atoms with Crippen molar-refractivity contribution in [1.29, 1.82) is 0 Å². The first-order valence-electron chi connectivity index (χ1n) is 5.57. The molecule has 0 radical (unpaired) electrons. The van der Waals surface area contributed by atoms with E-state index >= 15 is 0 Å². The van der Waals surface area contributed by atoms with Crippen molar-refractivity contribution < 1.29 is 19.1 Å². The molecular weight excluding hydrogens is 224 g/mol. The van der Waals surface area contributed by atoms with E-state index in [1.54, 1.807) is 0 Å². The highest BCUT2D eigenvalue weighted by Gasteiger charge is 2.22. The Morgan fingerprint density at radius 2 is 1.71 bits per heavy atom. The van der Waals surface area contributed by atoms with Gasteiger partial charge in [0.1, 0.15) is 0 Å². The van der Waals surface area contributed by atoms with Crippen LogP contribution in [0.4, 0.5) is 9.59 Å². The van der Waals surface area contributed by atoms with Crippen molar-refractivity contribution in [3.05, 3.63) is 0 Å². The number of carbonyl (C=O) groups is 2. The summed E-state index contributed by atoms with van der Waals surface area (Å²) in [5.41, 5.74) is 9.61. The van der Waals surface area contributed by atoms with Gasteiger partial charge in [-0.3, -0.25) is 0 Å². The molecule has 0 rings (SSSR count). The van der Waals surface area contributed by atoms with E-state index in [0.717, 1.165) is 12.8 Å². The molecule has 0 bridgehead atoms. The van der Waals surface area contributed by atoms with E-state index in [2.05, 4.69) is 4.74 Å². The first kappa shape index (κ1) is 15.5. The molecule has 0 aliphatic heterocycles. The van der Waals surface area contributed by atoms with Gasteiger partial charge in [-0.25, -0.2) is 9.59 Å². The molecule has 100 valence electrons. The Morgan fingerprint density at radius 1 is 1.18 bits per heavy atom. The molecule has 0 aliphatic rings. The standard InChI is InChI=1S/C11H22N2O4/c1-8(4-5-16-9(12)14)6-11(2,3)7-17-10(13)15/h8H,4-7H2,1-3H3,(H2,12,14)(H2,13,15). The minimum absolute atomic E-state index is 0.152. The van der Waals surface area contributed by atoms with Crippen LogP contribution in [-0.4, -0.2) is 25.4 Å². The van der Waals surface area contributed by atoms with Crippen LogP contribution in [0, 0.1) is 11.3 Å². The van der Waals surface area contributed by atoms with Gasteiger partial charge in [-0.2, -0.15) is 0 Å². The smallest absolute Gasteiger partial charge is 0.404 e. The Hall–Kier alpha value is -1.46. The Balaban J connectivity index is 3.87. The van der Waals surface area contributed by atoms with Crippen LogP contribution in [0.1, 0.15) is 33.6 Å². The second-order valence-corrected chi connectivity index (χ2v) is 5.04. The van der Waals surface area contributed by atoms with Crippen LogP contribution in [0.5, 0.6) is 0 Å². The molecule has 0 saturated heterocycles. The summed E-state index contributed by atoms with van der Waals surface area (Å²) >= 11 is 0. The molecule has 6 nitrogen and oxygen atoms in total. The molecule has 0 spiro atoms. The number of nitrogens with two attached hydrogens (primary N) is 2. The monoisotopic (exact) mass is 246 g/mol. The van der Waals surface area contributed by atoms with E-state index < -0.39 is 12.2 Å². The highest BCUT2D eigenvalue weighted by molar-refractivity contribution is 5.64. The highest BCUT2D eigenvalue weighted by atomic mass is 16.5. The fraction of sp³-hybridized carbons (Fsp3) is 0.818. The highest BCUT2D eigenvalue weighted by Crippen LogP contribution is 2.27.